The number of piperidine rings is 1. The molecule has 1 amide bonds. The van der Waals surface area contributed by atoms with Crippen LogP contribution in [0, 0.1) is 11.2 Å². The highest BCUT2D eigenvalue weighted by atomic mass is 79.9. The molecule has 0 aliphatic carbocycles. The predicted octanol–water partition coefficient (Wildman–Crippen LogP) is 5.17. The quantitative estimate of drug-likeness (QED) is 0.562. The zero-order chi connectivity index (χ0) is 20.0. The minimum Gasteiger partial charge on any atom is -0.444 e. The van der Waals surface area contributed by atoms with Gasteiger partial charge in [-0.05, 0) is 73.3 Å². The summed E-state index contributed by atoms with van der Waals surface area (Å²) in [6.07, 6.45) is -0.281. The molecule has 0 atom stereocenters. The maximum absolute atomic E-state index is 14.9. The number of carbonyl (C=O) groups is 1. The topological polar surface area (TPSA) is 32.8 Å². The lowest BCUT2D eigenvalue weighted by Gasteiger charge is -2.56. The van der Waals surface area contributed by atoms with E-state index in [-0.39, 0.29) is 19.5 Å². The van der Waals surface area contributed by atoms with Gasteiger partial charge in [0.15, 0.2) is 0 Å². The molecule has 0 saturated carbocycles. The molecule has 0 unspecified atom stereocenters. The number of amides is 1. The first-order valence-corrected chi connectivity index (χ1v) is 10.2. The first-order chi connectivity index (χ1) is 12.4. The van der Waals surface area contributed by atoms with Crippen LogP contribution in [0.4, 0.5) is 18.0 Å². The first-order valence-electron chi connectivity index (χ1n) is 8.65. The Morgan fingerprint density at radius 1 is 1.26 bits per heavy atom. The van der Waals surface area contributed by atoms with Gasteiger partial charge in [-0.2, -0.15) is 0 Å². The van der Waals surface area contributed by atoms with E-state index in [1.165, 1.54) is 11.0 Å². The summed E-state index contributed by atoms with van der Waals surface area (Å²) in [7, 11) is 0. The van der Waals surface area contributed by atoms with Gasteiger partial charge in [-0.1, -0.05) is 0 Å². The predicted molar refractivity (Wildman–Crippen MR) is 101 cm³/mol. The fourth-order valence-corrected chi connectivity index (χ4v) is 4.52. The third-order valence-corrected chi connectivity index (χ3v) is 6.43. The fourth-order valence-electron chi connectivity index (χ4n) is 3.28. The van der Waals surface area contributed by atoms with Crippen molar-refractivity contribution in [1.82, 2.24) is 9.21 Å². The Kier molecular flexibility index (Phi) is 5.51. The van der Waals surface area contributed by atoms with E-state index >= 15 is 0 Å². The highest BCUT2D eigenvalue weighted by Crippen LogP contribution is 2.51. The number of carbonyl (C=O) groups excluding carboxylic acids is 1. The Bertz CT molecular complexity index is 736. The Labute approximate surface area is 169 Å². The summed E-state index contributed by atoms with van der Waals surface area (Å²) < 4.78 is 50.5. The minimum atomic E-state index is -2.94. The van der Waals surface area contributed by atoms with Gasteiger partial charge < -0.3 is 9.64 Å². The van der Waals surface area contributed by atoms with Gasteiger partial charge in [0.25, 0.3) is 5.92 Å². The molecule has 2 fully saturated rings. The van der Waals surface area contributed by atoms with Crippen molar-refractivity contribution in [2.75, 3.05) is 26.2 Å². The van der Waals surface area contributed by atoms with E-state index in [9.17, 15) is 18.0 Å². The van der Waals surface area contributed by atoms with Gasteiger partial charge in [0.2, 0.25) is 0 Å². The molecule has 1 spiro atoms. The van der Waals surface area contributed by atoms with Crippen molar-refractivity contribution in [3.05, 3.63) is 28.5 Å². The van der Waals surface area contributed by atoms with Crippen LogP contribution in [-0.4, -0.2) is 53.0 Å². The molecular weight excluding hydrogens is 445 g/mol. The number of alkyl halides is 2. The van der Waals surface area contributed by atoms with E-state index < -0.39 is 35.4 Å². The van der Waals surface area contributed by atoms with Crippen LogP contribution in [0.5, 0.6) is 0 Å². The number of ether oxygens (including phenoxy) is 1. The van der Waals surface area contributed by atoms with Crippen LogP contribution >= 0.6 is 27.9 Å². The van der Waals surface area contributed by atoms with Crippen molar-refractivity contribution in [3.8, 4) is 0 Å². The molecule has 2 heterocycles. The Hall–Kier alpha value is -0.930. The maximum Gasteiger partial charge on any atom is 0.410 e. The number of hydrogen-bond acceptors (Lipinski definition) is 4. The van der Waals surface area contributed by atoms with E-state index in [0.29, 0.717) is 15.9 Å². The average Bonchev–Trinajstić information content (AvgIpc) is 2.46. The first kappa shape index (κ1) is 20.8. The lowest BCUT2D eigenvalue weighted by atomic mass is 9.70. The van der Waals surface area contributed by atoms with E-state index in [0.717, 1.165) is 11.9 Å². The van der Waals surface area contributed by atoms with E-state index in [4.69, 9.17) is 4.74 Å². The number of nitrogens with zero attached hydrogens (tertiary/aromatic N) is 2. The normalized spacial score (nSPS) is 21.8. The lowest BCUT2D eigenvalue weighted by molar-refractivity contribution is -0.208. The second-order valence-corrected chi connectivity index (χ2v) is 10.1. The zero-order valence-electron chi connectivity index (χ0n) is 15.4. The van der Waals surface area contributed by atoms with Crippen LogP contribution in [0.2, 0.25) is 0 Å². The minimum absolute atomic E-state index is 0.000329. The average molecular weight is 467 g/mol. The molecule has 27 heavy (non-hydrogen) atoms. The van der Waals surface area contributed by atoms with Crippen molar-refractivity contribution in [3.63, 3.8) is 0 Å². The monoisotopic (exact) mass is 466 g/mol. The number of benzene rings is 1. The highest BCUT2D eigenvalue weighted by molar-refractivity contribution is 9.10. The molecule has 0 bridgehead atoms. The molecule has 1 aromatic rings. The third kappa shape index (κ3) is 4.40. The molecule has 0 N–H and O–H groups in total. The van der Waals surface area contributed by atoms with Crippen molar-refractivity contribution in [1.29, 1.82) is 0 Å². The van der Waals surface area contributed by atoms with Gasteiger partial charge in [0.1, 0.15) is 11.4 Å². The summed E-state index contributed by atoms with van der Waals surface area (Å²) in [4.78, 5) is 14.0. The molecule has 150 valence electrons. The second kappa shape index (κ2) is 7.15. The van der Waals surface area contributed by atoms with Crippen molar-refractivity contribution < 1.29 is 22.7 Å². The maximum atomic E-state index is 14.9. The van der Waals surface area contributed by atoms with Gasteiger partial charge in [-0.25, -0.2) is 22.3 Å². The highest BCUT2D eigenvalue weighted by Gasteiger charge is 2.64. The van der Waals surface area contributed by atoms with Crippen molar-refractivity contribution in [2.45, 2.75) is 43.6 Å². The van der Waals surface area contributed by atoms with E-state index in [2.05, 4.69) is 15.9 Å². The van der Waals surface area contributed by atoms with Gasteiger partial charge in [-0.15, -0.1) is 0 Å². The summed E-state index contributed by atoms with van der Waals surface area (Å²) in [5, 5.41) is 0. The van der Waals surface area contributed by atoms with Crippen LogP contribution in [0.1, 0.15) is 27.2 Å². The molecule has 9 heteroatoms. The molecule has 2 aliphatic heterocycles. The van der Waals surface area contributed by atoms with Gasteiger partial charge in [0, 0.05) is 24.5 Å². The van der Waals surface area contributed by atoms with E-state index in [1.807, 2.05) is 0 Å². The van der Waals surface area contributed by atoms with Crippen molar-refractivity contribution >= 4 is 34.0 Å². The Balaban J connectivity index is 1.60. The largest absolute Gasteiger partial charge is 0.444 e. The van der Waals surface area contributed by atoms with Crippen LogP contribution in [0.25, 0.3) is 0 Å². The standard InChI is InChI=1S/C18H22BrF3N2O2S/c1-16(2,3)26-15(25)23-9-17(10-23)6-7-24(11-18(17,21)22)27-12-4-5-13(19)14(20)8-12/h4-5,8H,6-7,9-11H2,1-3H3. The summed E-state index contributed by atoms with van der Waals surface area (Å²) in [5.74, 6) is -3.36. The number of likely N-dealkylation sites (tertiary alicyclic amines) is 1. The van der Waals surface area contributed by atoms with Crippen LogP contribution in [-0.2, 0) is 4.74 Å². The number of halogens is 4. The number of hydrogen-bond donors (Lipinski definition) is 0. The molecule has 1 aromatic carbocycles. The third-order valence-electron chi connectivity index (χ3n) is 4.75. The van der Waals surface area contributed by atoms with Gasteiger partial charge in [0.05, 0.1) is 16.4 Å². The zero-order valence-corrected chi connectivity index (χ0v) is 17.8. The molecule has 0 aromatic heterocycles. The molecule has 2 saturated heterocycles. The Morgan fingerprint density at radius 3 is 2.48 bits per heavy atom. The van der Waals surface area contributed by atoms with Gasteiger partial charge >= 0.3 is 6.09 Å². The van der Waals surface area contributed by atoms with Crippen molar-refractivity contribution in [2.24, 2.45) is 5.41 Å². The van der Waals surface area contributed by atoms with Crippen LogP contribution < -0.4 is 0 Å². The smallest absolute Gasteiger partial charge is 0.410 e. The lowest BCUT2D eigenvalue weighted by Crippen LogP contribution is -2.70. The van der Waals surface area contributed by atoms with E-state index in [1.54, 1.807) is 37.2 Å². The second-order valence-electron chi connectivity index (χ2n) is 8.10. The summed E-state index contributed by atoms with van der Waals surface area (Å²) in [6, 6.07) is 4.57. The summed E-state index contributed by atoms with van der Waals surface area (Å²) in [5.41, 5.74) is -1.85. The molecule has 4 nitrogen and oxygen atoms in total. The van der Waals surface area contributed by atoms with Gasteiger partial charge in [-0.3, -0.25) is 0 Å². The summed E-state index contributed by atoms with van der Waals surface area (Å²) in [6.45, 7) is 5.25. The molecule has 2 aliphatic rings. The SMILES string of the molecule is CC(C)(C)OC(=O)N1CC2(CCN(Sc3ccc(Br)c(F)c3)CC2(F)F)C1. The number of rotatable bonds is 2. The van der Waals surface area contributed by atoms with Crippen LogP contribution in [0.3, 0.4) is 0 Å². The van der Waals surface area contributed by atoms with Crippen LogP contribution in [0.15, 0.2) is 27.6 Å². The molecule has 3 rings (SSSR count). The molecular formula is C18H22BrF3N2O2S. The molecule has 0 radical (unpaired) electrons. The fraction of sp³-hybridized carbons (Fsp3) is 0.611. The summed E-state index contributed by atoms with van der Waals surface area (Å²) >= 11 is 4.21. The Morgan fingerprint density at radius 2 is 1.93 bits per heavy atom.